The van der Waals surface area contributed by atoms with Gasteiger partial charge in [0.15, 0.2) is 5.82 Å². The second-order valence-corrected chi connectivity index (χ2v) is 7.54. The summed E-state index contributed by atoms with van der Waals surface area (Å²) in [7, 11) is 0. The SMILES string of the molecule is Cc1nc([C@H]2CCCN(CC(=O)N[C@H](C)CCCC(C)C)C2)no1. The van der Waals surface area contributed by atoms with E-state index in [1.54, 1.807) is 0 Å². The van der Waals surface area contributed by atoms with Gasteiger partial charge in [0.2, 0.25) is 11.8 Å². The van der Waals surface area contributed by atoms with Gasteiger partial charge < -0.3 is 9.84 Å². The van der Waals surface area contributed by atoms with Gasteiger partial charge in [0, 0.05) is 25.4 Å². The molecule has 0 aliphatic carbocycles. The molecule has 1 N–H and O–H groups in total. The Morgan fingerprint density at radius 2 is 2.17 bits per heavy atom. The number of carbonyl (C=O) groups is 1. The predicted octanol–water partition coefficient (Wildman–Crippen LogP) is 2.89. The number of carbonyl (C=O) groups excluding carboxylic acids is 1. The molecule has 2 heterocycles. The molecule has 24 heavy (non-hydrogen) atoms. The molecule has 0 bridgehead atoms. The molecule has 0 spiro atoms. The van der Waals surface area contributed by atoms with E-state index in [0.29, 0.717) is 12.4 Å². The first kappa shape index (κ1) is 18.9. The summed E-state index contributed by atoms with van der Waals surface area (Å²) < 4.78 is 5.08. The van der Waals surface area contributed by atoms with Crippen LogP contribution in [0.5, 0.6) is 0 Å². The number of nitrogens with zero attached hydrogens (tertiary/aromatic N) is 3. The Balaban J connectivity index is 1.73. The Hall–Kier alpha value is -1.43. The second kappa shape index (κ2) is 9.16. The van der Waals surface area contributed by atoms with Gasteiger partial charge in [0.05, 0.1) is 6.54 Å². The molecule has 0 radical (unpaired) electrons. The molecule has 0 saturated carbocycles. The van der Waals surface area contributed by atoms with E-state index < -0.39 is 0 Å². The lowest BCUT2D eigenvalue weighted by molar-refractivity contribution is -0.123. The van der Waals surface area contributed by atoms with Crippen LogP contribution < -0.4 is 5.32 Å². The highest BCUT2D eigenvalue weighted by Crippen LogP contribution is 2.24. The van der Waals surface area contributed by atoms with E-state index in [0.717, 1.165) is 44.1 Å². The van der Waals surface area contributed by atoms with E-state index >= 15 is 0 Å². The fraction of sp³-hybridized carbons (Fsp3) is 0.833. The van der Waals surface area contributed by atoms with Crippen molar-refractivity contribution in [2.75, 3.05) is 19.6 Å². The van der Waals surface area contributed by atoms with Gasteiger partial charge in [-0.3, -0.25) is 9.69 Å². The van der Waals surface area contributed by atoms with E-state index in [2.05, 4.69) is 41.1 Å². The summed E-state index contributed by atoms with van der Waals surface area (Å²) in [4.78, 5) is 18.8. The fourth-order valence-electron chi connectivity index (χ4n) is 3.32. The minimum absolute atomic E-state index is 0.122. The summed E-state index contributed by atoms with van der Waals surface area (Å²) in [6, 6.07) is 0.247. The molecule has 2 rings (SSSR count). The molecule has 6 nitrogen and oxygen atoms in total. The maximum absolute atomic E-state index is 12.3. The average molecular weight is 336 g/mol. The van der Waals surface area contributed by atoms with Gasteiger partial charge in [-0.25, -0.2) is 0 Å². The Kier molecular flexibility index (Phi) is 7.21. The summed E-state index contributed by atoms with van der Waals surface area (Å²) in [5.41, 5.74) is 0. The second-order valence-electron chi connectivity index (χ2n) is 7.54. The first-order valence-corrected chi connectivity index (χ1v) is 9.26. The normalized spacial score (nSPS) is 20.3. The summed E-state index contributed by atoms with van der Waals surface area (Å²) in [5, 5.41) is 7.17. The van der Waals surface area contributed by atoms with Gasteiger partial charge in [-0.2, -0.15) is 4.98 Å². The topological polar surface area (TPSA) is 71.3 Å². The largest absolute Gasteiger partial charge is 0.353 e. The zero-order valence-corrected chi connectivity index (χ0v) is 15.5. The van der Waals surface area contributed by atoms with Crippen molar-refractivity contribution in [3.8, 4) is 0 Å². The van der Waals surface area contributed by atoms with E-state index in [-0.39, 0.29) is 17.9 Å². The van der Waals surface area contributed by atoms with E-state index in [1.165, 1.54) is 12.8 Å². The zero-order chi connectivity index (χ0) is 17.5. The highest BCUT2D eigenvalue weighted by atomic mass is 16.5. The number of aryl methyl sites for hydroxylation is 1. The van der Waals surface area contributed by atoms with E-state index in [1.807, 2.05) is 6.92 Å². The molecule has 2 atom stereocenters. The van der Waals surface area contributed by atoms with Crippen LogP contribution in [-0.4, -0.2) is 46.6 Å². The first-order valence-electron chi connectivity index (χ1n) is 9.26. The smallest absolute Gasteiger partial charge is 0.234 e. The van der Waals surface area contributed by atoms with Crippen molar-refractivity contribution < 1.29 is 9.32 Å². The van der Waals surface area contributed by atoms with Crippen molar-refractivity contribution in [3.63, 3.8) is 0 Å². The average Bonchev–Trinajstić information content (AvgIpc) is 2.93. The van der Waals surface area contributed by atoms with Crippen LogP contribution in [0.4, 0.5) is 0 Å². The predicted molar refractivity (Wildman–Crippen MR) is 93.7 cm³/mol. The highest BCUT2D eigenvalue weighted by molar-refractivity contribution is 5.78. The Morgan fingerprint density at radius 3 is 2.83 bits per heavy atom. The number of amides is 1. The fourth-order valence-corrected chi connectivity index (χ4v) is 3.32. The first-order chi connectivity index (χ1) is 11.4. The molecular weight excluding hydrogens is 304 g/mol. The molecule has 1 saturated heterocycles. The standard InChI is InChI=1S/C18H32N4O2/c1-13(2)7-5-8-14(3)19-17(23)12-22-10-6-9-16(11-22)18-20-15(4)24-21-18/h13-14,16H,5-12H2,1-4H3,(H,19,23)/t14-,16+/m1/s1. The quantitative estimate of drug-likeness (QED) is 0.790. The minimum Gasteiger partial charge on any atom is -0.353 e. The van der Waals surface area contributed by atoms with Crippen LogP contribution >= 0.6 is 0 Å². The van der Waals surface area contributed by atoms with Crippen LogP contribution in [0.3, 0.4) is 0 Å². The molecule has 0 unspecified atom stereocenters. The van der Waals surface area contributed by atoms with Crippen molar-refractivity contribution in [3.05, 3.63) is 11.7 Å². The van der Waals surface area contributed by atoms with Crippen LogP contribution in [0.15, 0.2) is 4.52 Å². The number of piperidine rings is 1. The molecule has 1 aliphatic rings. The van der Waals surface area contributed by atoms with Gasteiger partial charge in [-0.1, -0.05) is 31.8 Å². The summed E-state index contributed by atoms with van der Waals surface area (Å²) in [5.74, 6) is 2.51. The van der Waals surface area contributed by atoms with Crippen molar-refractivity contribution >= 4 is 5.91 Å². The molecule has 1 aliphatic heterocycles. The molecule has 1 aromatic heterocycles. The summed E-state index contributed by atoms with van der Waals surface area (Å²) in [6.45, 7) is 10.6. The van der Waals surface area contributed by atoms with Crippen molar-refractivity contribution in [1.29, 1.82) is 0 Å². The number of likely N-dealkylation sites (tertiary alicyclic amines) is 1. The van der Waals surface area contributed by atoms with Crippen LogP contribution in [0.2, 0.25) is 0 Å². The van der Waals surface area contributed by atoms with Gasteiger partial charge >= 0.3 is 0 Å². The van der Waals surface area contributed by atoms with Gasteiger partial charge in [-0.05, 0) is 38.6 Å². The maximum Gasteiger partial charge on any atom is 0.234 e. The van der Waals surface area contributed by atoms with Crippen LogP contribution in [0.1, 0.15) is 70.5 Å². The van der Waals surface area contributed by atoms with Gasteiger partial charge in [0.25, 0.3) is 0 Å². The van der Waals surface area contributed by atoms with Gasteiger partial charge in [-0.15, -0.1) is 0 Å². The van der Waals surface area contributed by atoms with E-state index in [4.69, 9.17) is 4.52 Å². The molecule has 6 heteroatoms. The lowest BCUT2D eigenvalue weighted by Crippen LogP contribution is -2.44. The third-order valence-electron chi connectivity index (χ3n) is 4.61. The van der Waals surface area contributed by atoms with Crippen LogP contribution in [0, 0.1) is 12.8 Å². The number of hydrogen-bond donors (Lipinski definition) is 1. The summed E-state index contributed by atoms with van der Waals surface area (Å²) >= 11 is 0. The minimum atomic E-state index is 0.122. The third-order valence-corrected chi connectivity index (χ3v) is 4.61. The monoisotopic (exact) mass is 336 g/mol. The van der Waals surface area contributed by atoms with Crippen LogP contribution in [0.25, 0.3) is 0 Å². The Labute approximate surface area is 145 Å². The number of nitrogens with one attached hydrogen (secondary N) is 1. The van der Waals surface area contributed by atoms with Crippen molar-refractivity contribution in [2.24, 2.45) is 5.92 Å². The summed E-state index contributed by atoms with van der Waals surface area (Å²) in [6.07, 6.45) is 5.56. The number of aromatic nitrogens is 2. The third kappa shape index (κ3) is 6.23. The zero-order valence-electron chi connectivity index (χ0n) is 15.5. The lowest BCUT2D eigenvalue weighted by atomic mass is 9.97. The molecule has 0 aromatic carbocycles. The Bertz CT molecular complexity index is 515. The highest BCUT2D eigenvalue weighted by Gasteiger charge is 2.26. The van der Waals surface area contributed by atoms with Crippen molar-refractivity contribution in [1.82, 2.24) is 20.4 Å². The molecule has 1 aromatic rings. The van der Waals surface area contributed by atoms with Gasteiger partial charge in [0.1, 0.15) is 0 Å². The number of rotatable bonds is 8. The molecule has 1 fully saturated rings. The van der Waals surface area contributed by atoms with Crippen LogP contribution in [-0.2, 0) is 4.79 Å². The van der Waals surface area contributed by atoms with Crippen molar-refractivity contribution in [2.45, 2.75) is 71.8 Å². The van der Waals surface area contributed by atoms with E-state index in [9.17, 15) is 4.79 Å². The molecule has 136 valence electrons. The molecule has 1 amide bonds. The molecular formula is C18H32N4O2. The number of hydrogen-bond acceptors (Lipinski definition) is 5. The Morgan fingerprint density at radius 1 is 1.38 bits per heavy atom. The maximum atomic E-state index is 12.3. The lowest BCUT2D eigenvalue weighted by Gasteiger charge is -2.31.